The molecule has 0 aliphatic rings. The van der Waals surface area contributed by atoms with Crippen molar-refractivity contribution in [1.29, 1.82) is 0 Å². The number of unbranched alkanes of at least 4 members (excludes halogenated alkanes) is 14. The first-order valence-corrected chi connectivity index (χ1v) is 10.7. The van der Waals surface area contributed by atoms with E-state index in [2.05, 4.69) is 6.92 Å². The van der Waals surface area contributed by atoms with Crippen LogP contribution in [0.2, 0.25) is 0 Å². The normalized spacial score (nSPS) is 12.3. The van der Waals surface area contributed by atoms with Crippen molar-refractivity contribution in [3.63, 3.8) is 0 Å². The Balaban J connectivity index is 3.10. The Morgan fingerprint density at radius 3 is 1.41 bits per heavy atom. The molecule has 0 aliphatic heterocycles. The topological polar surface area (TPSA) is 57.2 Å². The summed E-state index contributed by atoms with van der Waals surface area (Å²) < 4.78 is 31.0. The minimum Gasteiger partial charge on any atom is -0.744 e. The first-order valence-electron chi connectivity index (χ1n) is 9.18. The summed E-state index contributed by atoms with van der Waals surface area (Å²) in [6.07, 6.45) is 20.5. The van der Waals surface area contributed by atoms with Crippen LogP contribution in [0.1, 0.15) is 103 Å². The summed E-state index contributed by atoms with van der Waals surface area (Å²) >= 11 is 0. The molecule has 0 aromatic heterocycles. The maximum absolute atomic E-state index is 10.3. The molecule has 0 heterocycles. The minimum atomic E-state index is -4.17. The molecular weight excluding hydrogens is 296 g/mol. The number of allylic oxidation sites excluding steroid dienone is 1. The zero-order valence-corrected chi connectivity index (χ0v) is 15.2. The van der Waals surface area contributed by atoms with Crippen LogP contribution in [0, 0.1) is 0 Å². The van der Waals surface area contributed by atoms with Crippen molar-refractivity contribution < 1.29 is 13.0 Å². The van der Waals surface area contributed by atoms with Crippen molar-refractivity contribution in [3.8, 4) is 0 Å². The van der Waals surface area contributed by atoms with Gasteiger partial charge in [-0.15, -0.1) is 0 Å². The summed E-state index contributed by atoms with van der Waals surface area (Å²) in [5, 5.41) is 0.773. The highest BCUT2D eigenvalue weighted by atomic mass is 32.2. The summed E-state index contributed by atoms with van der Waals surface area (Å²) in [6, 6.07) is 0. The molecule has 4 heteroatoms. The smallest absolute Gasteiger partial charge is 0.117 e. The molecule has 0 amide bonds. The zero-order valence-electron chi connectivity index (χ0n) is 14.4. The fraction of sp³-hybridized carbons (Fsp3) is 0.889. The highest BCUT2D eigenvalue weighted by molar-refractivity contribution is 7.88. The van der Waals surface area contributed by atoms with Crippen molar-refractivity contribution in [2.45, 2.75) is 103 Å². The predicted molar refractivity (Wildman–Crippen MR) is 93.8 cm³/mol. The van der Waals surface area contributed by atoms with Gasteiger partial charge in [-0.1, -0.05) is 96.5 Å². The molecule has 0 N–H and O–H groups in total. The van der Waals surface area contributed by atoms with Gasteiger partial charge in [-0.05, 0) is 12.8 Å². The van der Waals surface area contributed by atoms with Gasteiger partial charge in [-0.25, -0.2) is 8.42 Å². The SMILES string of the molecule is CCCCCCCCCCCCCCCC/C=C/S(=O)(=O)[O-]. The lowest BCUT2D eigenvalue weighted by Gasteiger charge is -2.03. The predicted octanol–water partition coefficient (Wildman–Crippen LogP) is 5.92. The first kappa shape index (κ1) is 21.6. The van der Waals surface area contributed by atoms with E-state index in [9.17, 15) is 13.0 Å². The lowest BCUT2D eigenvalue weighted by molar-refractivity contribution is 0.474. The Morgan fingerprint density at radius 2 is 1.05 bits per heavy atom. The summed E-state index contributed by atoms with van der Waals surface area (Å²) in [5.74, 6) is 0. The van der Waals surface area contributed by atoms with E-state index < -0.39 is 10.1 Å². The van der Waals surface area contributed by atoms with Crippen LogP contribution in [0.15, 0.2) is 11.5 Å². The van der Waals surface area contributed by atoms with Gasteiger partial charge in [0, 0.05) is 5.41 Å². The van der Waals surface area contributed by atoms with Gasteiger partial charge < -0.3 is 4.55 Å². The molecule has 0 saturated carbocycles. The van der Waals surface area contributed by atoms with Crippen LogP contribution in [0.4, 0.5) is 0 Å². The number of hydrogen-bond donors (Lipinski definition) is 0. The fourth-order valence-electron chi connectivity index (χ4n) is 2.64. The Morgan fingerprint density at radius 1 is 0.682 bits per heavy atom. The van der Waals surface area contributed by atoms with Crippen LogP contribution < -0.4 is 0 Å². The lowest BCUT2D eigenvalue weighted by atomic mass is 10.0. The summed E-state index contributed by atoms with van der Waals surface area (Å²) in [5.41, 5.74) is 0. The maximum Gasteiger partial charge on any atom is 0.117 e. The second kappa shape index (κ2) is 15.5. The molecular formula is C18H35O3S-. The molecule has 0 aromatic rings. The number of rotatable bonds is 16. The van der Waals surface area contributed by atoms with E-state index in [1.165, 1.54) is 83.1 Å². The molecule has 0 atom stereocenters. The quantitative estimate of drug-likeness (QED) is 0.261. The molecule has 0 fully saturated rings. The molecule has 22 heavy (non-hydrogen) atoms. The van der Waals surface area contributed by atoms with E-state index in [1.807, 2.05) is 0 Å². The summed E-state index contributed by atoms with van der Waals surface area (Å²) in [4.78, 5) is 0. The van der Waals surface area contributed by atoms with Crippen LogP contribution in [0.3, 0.4) is 0 Å². The zero-order chi connectivity index (χ0) is 16.5. The molecule has 0 aromatic carbocycles. The van der Waals surface area contributed by atoms with Gasteiger partial charge in [-0.3, -0.25) is 0 Å². The van der Waals surface area contributed by atoms with Gasteiger partial charge in [0.15, 0.2) is 0 Å². The average Bonchev–Trinajstić information content (AvgIpc) is 2.45. The first-order chi connectivity index (χ1) is 10.6. The Labute approximate surface area is 138 Å². The van der Waals surface area contributed by atoms with Crippen molar-refractivity contribution in [2.75, 3.05) is 0 Å². The molecule has 0 rings (SSSR count). The molecule has 0 aliphatic carbocycles. The third kappa shape index (κ3) is 19.7. The molecule has 3 nitrogen and oxygen atoms in total. The van der Waals surface area contributed by atoms with Crippen molar-refractivity contribution >= 4 is 10.1 Å². The van der Waals surface area contributed by atoms with Crippen molar-refractivity contribution in [3.05, 3.63) is 11.5 Å². The molecule has 0 spiro atoms. The van der Waals surface area contributed by atoms with Gasteiger partial charge in [0.05, 0.1) is 0 Å². The van der Waals surface area contributed by atoms with E-state index >= 15 is 0 Å². The summed E-state index contributed by atoms with van der Waals surface area (Å²) in [6.45, 7) is 2.26. The van der Waals surface area contributed by atoms with E-state index in [1.54, 1.807) is 0 Å². The lowest BCUT2D eigenvalue weighted by Crippen LogP contribution is -1.89. The van der Waals surface area contributed by atoms with Crippen LogP contribution in [-0.2, 0) is 10.1 Å². The molecule has 0 unspecified atom stereocenters. The average molecular weight is 332 g/mol. The van der Waals surface area contributed by atoms with Gasteiger partial charge in [0.25, 0.3) is 0 Å². The number of hydrogen-bond acceptors (Lipinski definition) is 3. The maximum atomic E-state index is 10.3. The third-order valence-electron chi connectivity index (χ3n) is 3.99. The van der Waals surface area contributed by atoms with Gasteiger partial charge >= 0.3 is 0 Å². The summed E-state index contributed by atoms with van der Waals surface area (Å²) in [7, 11) is -4.17. The highest BCUT2D eigenvalue weighted by Crippen LogP contribution is 2.13. The van der Waals surface area contributed by atoms with Gasteiger partial charge in [0.2, 0.25) is 0 Å². The largest absolute Gasteiger partial charge is 0.744 e. The monoisotopic (exact) mass is 331 g/mol. The van der Waals surface area contributed by atoms with E-state index in [-0.39, 0.29) is 0 Å². The second-order valence-corrected chi connectivity index (χ2v) is 7.51. The molecule has 132 valence electrons. The third-order valence-corrected chi connectivity index (χ3v) is 4.51. The van der Waals surface area contributed by atoms with Gasteiger partial charge in [-0.2, -0.15) is 0 Å². The van der Waals surface area contributed by atoms with E-state index in [4.69, 9.17) is 0 Å². The fourth-order valence-corrected chi connectivity index (χ4v) is 3.01. The van der Waals surface area contributed by atoms with Crippen LogP contribution in [-0.4, -0.2) is 13.0 Å². The minimum absolute atomic E-state index is 0.694. The molecule has 0 bridgehead atoms. The Bertz CT molecular complexity index is 347. The van der Waals surface area contributed by atoms with Crippen LogP contribution in [0.25, 0.3) is 0 Å². The molecule has 0 saturated heterocycles. The van der Waals surface area contributed by atoms with Crippen LogP contribution in [0.5, 0.6) is 0 Å². The second-order valence-electron chi connectivity index (χ2n) is 6.25. The Hall–Kier alpha value is -0.350. The van der Waals surface area contributed by atoms with Crippen molar-refractivity contribution in [2.24, 2.45) is 0 Å². The van der Waals surface area contributed by atoms with E-state index in [0.29, 0.717) is 6.42 Å². The standard InChI is InChI=1S/C18H36O3S/c1-2-3-4-5-6-7-8-9-10-11-12-13-14-15-16-17-18-22(19,20)21/h17-18H,2-16H2,1H3,(H,19,20,21)/p-1/b18-17+. The highest BCUT2D eigenvalue weighted by Gasteiger charge is 1.94. The Kier molecular flexibility index (Phi) is 15.3. The van der Waals surface area contributed by atoms with Crippen molar-refractivity contribution in [1.82, 2.24) is 0 Å². The van der Waals surface area contributed by atoms with Gasteiger partial charge in [0.1, 0.15) is 10.1 Å². The molecule has 0 radical (unpaired) electrons. The van der Waals surface area contributed by atoms with Crippen LogP contribution >= 0.6 is 0 Å². The van der Waals surface area contributed by atoms with E-state index in [0.717, 1.165) is 18.2 Å².